The van der Waals surface area contributed by atoms with Gasteiger partial charge in [-0.1, -0.05) is 12.1 Å². The zero-order valence-corrected chi connectivity index (χ0v) is 16.0. The van der Waals surface area contributed by atoms with E-state index in [0.29, 0.717) is 43.6 Å². The van der Waals surface area contributed by atoms with Crippen LogP contribution < -0.4 is 9.64 Å². The third-order valence-corrected chi connectivity index (χ3v) is 4.72. The number of nitrogens with zero attached hydrogens (tertiary/aromatic N) is 4. The van der Waals surface area contributed by atoms with E-state index < -0.39 is 0 Å². The van der Waals surface area contributed by atoms with Crippen molar-refractivity contribution in [1.29, 1.82) is 5.26 Å². The molecule has 0 radical (unpaired) electrons. The molecule has 1 saturated heterocycles. The fourth-order valence-electron chi connectivity index (χ4n) is 3.21. The molecule has 8 heteroatoms. The summed E-state index contributed by atoms with van der Waals surface area (Å²) in [5.74, 6) is 1.76. The van der Waals surface area contributed by atoms with Crippen LogP contribution in [-0.4, -0.2) is 48.6 Å². The highest BCUT2D eigenvalue weighted by molar-refractivity contribution is 5.78. The SMILES string of the molecule is Cc1cccc(OCC(=O)N2CCN(c3oc(-c4ccco4)nc3C#N)CC2)c1. The van der Waals surface area contributed by atoms with Crippen LogP contribution in [0.5, 0.6) is 5.75 Å². The fourth-order valence-corrected chi connectivity index (χ4v) is 3.21. The zero-order valence-electron chi connectivity index (χ0n) is 16.0. The third kappa shape index (κ3) is 4.09. The van der Waals surface area contributed by atoms with Gasteiger partial charge in [0.15, 0.2) is 12.4 Å². The number of piperazine rings is 1. The van der Waals surface area contributed by atoms with Crippen molar-refractivity contribution in [3.8, 4) is 23.5 Å². The van der Waals surface area contributed by atoms with E-state index in [1.165, 1.54) is 6.26 Å². The van der Waals surface area contributed by atoms with Gasteiger partial charge in [-0.25, -0.2) is 0 Å². The number of aromatic nitrogens is 1. The Balaban J connectivity index is 1.36. The first kappa shape index (κ1) is 18.6. The highest BCUT2D eigenvalue weighted by atomic mass is 16.5. The van der Waals surface area contributed by atoms with Crippen molar-refractivity contribution in [1.82, 2.24) is 9.88 Å². The minimum Gasteiger partial charge on any atom is -0.484 e. The number of ether oxygens (including phenoxy) is 1. The zero-order chi connectivity index (χ0) is 20.2. The summed E-state index contributed by atoms with van der Waals surface area (Å²) in [7, 11) is 0. The van der Waals surface area contributed by atoms with Gasteiger partial charge in [0.25, 0.3) is 11.8 Å². The van der Waals surface area contributed by atoms with Crippen molar-refractivity contribution < 1.29 is 18.4 Å². The number of furan rings is 1. The van der Waals surface area contributed by atoms with Crippen LogP contribution in [0.15, 0.2) is 51.5 Å². The number of nitriles is 1. The Bertz CT molecular complexity index is 1030. The van der Waals surface area contributed by atoms with Crippen LogP contribution in [-0.2, 0) is 4.79 Å². The van der Waals surface area contributed by atoms with Crippen molar-refractivity contribution in [3.63, 3.8) is 0 Å². The molecule has 1 fully saturated rings. The lowest BCUT2D eigenvalue weighted by Crippen LogP contribution is -2.50. The summed E-state index contributed by atoms with van der Waals surface area (Å²) in [6.07, 6.45) is 1.52. The van der Waals surface area contributed by atoms with E-state index >= 15 is 0 Å². The van der Waals surface area contributed by atoms with Crippen molar-refractivity contribution in [2.45, 2.75) is 6.92 Å². The van der Waals surface area contributed by atoms with Gasteiger partial charge in [0.05, 0.1) is 6.26 Å². The fraction of sp³-hybridized carbons (Fsp3) is 0.286. The molecule has 3 aromatic rings. The highest BCUT2D eigenvalue weighted by Gasteiger charge is 2.27. The molecule has 0 N–H and O–H groups in total. The first-order chi connectivity index (χ1) is 14.1. The van der Waals surface area contributed by atoms with E-state index in [1.54, 1.807) is 17.0 Å². The van der Waals surface area contributed by atoms with Gasteiger partial charge in [0, 0.05) is 26.2 Å². The monoisotopic (exact) mass is 392 g/mol. The average molecular weight is 392 g/mol. The maximum atomic E-state index is 12.5. The second kappa shape index (κ2) is 8.10. The number of rotatable bonds is 5. The summed E-state index contributed by atoms with van der Waals surface area (Å²) in [5, 5.41) is 9.39. The minimum absolute atomic E-state index is 0.00213. The lowest BCUT2D eigenvalue weighted by Gasteiger charge is -2.34. The Labute approximate surface area is 167 Å². The molecule has 3 heterocycles. The van der Waals surface area contributed by atoms with Crippen LogP contribution in [0.2, 0.25) is 0 Å². The second-order valence-corrected chi connectivity index (χ2v) is 6.73. The van der Waals surface area contributed by atoms with E-state index in [1.807, 2.05) is 36.1 Å². The van der Waals surface area contributed by atoms with Crippen molar-refractivity contribution in [3.05, 3.63) is 53.9 Å². The van der Waals surface area contributed by atoms with Crippen molar-refractivity contribution >= 4 is 11.8 Å². The number of carbonyl (C=O) groups is 1. The predicted molar refractivity (Wildman–Crippen MR) is 104 cm³/mol. The van der Waals surface area contributed by atoms with Gasteiger partial charge in [0.2, 0.25) is 11.6 Å². The predicted octanol–water partition coefficient (Wildman–Crippen LogP) is 2.84. The molecule has 1 amide bonds. The molecule has 0 atom stereocenters. The Hall–Kier alpha value is -3.73. The van der Waals surface area contributed by atoms with Gasteiger partial charge in [-0.05, 0) is 36.8 Å². The number of hydrogen-bond donors (Lipinski definition) is 0. The van der Waals surface area contributed by atoms with Gasteiger partial charge < -0.3 is 23.4 Å². The molecule has 1 aromatic carbocycles. The van der Waals surface area contributed by atoms with Crippen LogP contribution >= 0.6 is 0 Å². The lowest BCUT2D eigenvalue weighted by molar-refractivity contribution is -0.133. The van der Waals surface area contributed by atoms with Gasteiger partial charge >= 0.3 is 0 Å². The Kier molecular flexibility index (Phi) is 5.20. The topological polar surface area (TPSA) is 95.7 Å². The largest absolute Gasteiger partial charge is 0.484 e. The van der Waals surface area contributed by atoms with E-state index in [-0.39, 0.29) is 24.1 Å². The van der Waals surface area contributed by atoms with E-state index in [0.717, 1.165) is 5.56 Å². The number of benzene rings is 1. The number of aryl methyl sites for hydroxylation is 1. The Morgan fingerprint density at radius 3 is 2.76 bits per heavy atom. The second-order valence-electron chi connectivity index (χ2n) is 6.73. The minimum atomic E-state index is -0.0690. The quantitative estimate of drug-likeness (QED) is 0.659. The van der Waals surface area contributed by atoms with Gasteiger partial charge in [-0.3, -0.25) is 4.79 Å². The molecular formula is C21H20N4O4. The van der Waals surface area contributed by atoms with Gasteiger partial charge in [-0.2, -0.15) is 10.2 Å². The van der Waals surface area contributed by atoms with Crippen LogP contribution in [0, 0.1) is 18.3 Å². The summed E-state index contributed by atoms with van der Waals surface area (Å²) < 4.78 is 16.7. The van der Waals surface area contributed by atoms with Gasteiger partial charge in [-0.15, -0.1) is 0 Å². The molecular weight excluding hydrogens is 372 g/mol. The molecule has 148 valence electrons. The first-order valence-electron chi connectivity index (χ1n) is 9.31. The Morgan fingerprint density at radius 2 is 2.07 bits per heavy atom. The molecule has 8 nitrogen and oxygen atoms in total. The standard InChI is InChI=1S/C21H20N4O4/c1-15-4-2-5-16(12-15)28-14-19(26)24-7-9-25(10-8-24)21-17(13-22)23-20(29-21)18-6-3-11-27-18/h2-6,11-12H,7-10,14H2,1H3. The summed E-state index contributed by atoms with van der Waals surface area (Å²) >= 11 is 0. The normalized spacial score (nSPS) is 13.9. The molecule has 0 unspecified atom stereocenters. The van der Waals surface area contributed by atoms with Crippen LogP contribution in [0.3, 0.4) is 0 Å². The van der Waals surface area contributed by atoms with Crippen molar-refractivity contribution in [2.75, 3.05) is 37.7 Å². The maximum Gasteiger partial charge on any atom is 0.266 e. The van der Waals surface area contributed by atoms with Crippen molar-refractivity contribution in [2.24, 2.45) is 0 Å². The molecule has 1 aliphatic rings. The van der Waals surface area contributed by atoms with E-state index in [9.17, 15) is 10.1 Å². The molecule has 2 aromatic heterocycles. The molecule has 1 aliphatic heterocycles. The lowest BCUT2D eigenvalue weighted by atomic mass is 10.2. The van der Waals surface area contributed by atoms with Gasteiger partial charge in [0.1, 0.15) is 11.8 Å². The summed E-state index contributed by atoms with van der Waals surface area (Å²) in [6, 6.07) is 13.1. The number of hydrogen-bond acceptors (Lipinski definition) is 7. The summed E-state index contributed by atoms with van der Waals surface area (Å²) in [4.78, 5) is 20.3. The molecule has 4 rings (SSSR count). The molecule has 0 saturated carbocycles. The maximum absolute atomic E-state index is 12.5. The summed E-state index contributed by atoms with van der Waals surface area (Å²) in [5.41, 5.74) is 1.29. The van der Waals surface area contributed by atoms with Crippen LogP contribution in [0.25, 0.3) is 11.7 Å². The average Bonchev–Trinajstić information content (AvgIpc) is 3.42. The molecule has 0 bridgehead atoms. The Morgan fingerprint density at radius 1 is 1.24 bits per heavy atom. The number of anilines is 1. The molecule has 0 spiro atoms. The number of amides is 1. The van der Waals surface area contributed by atoms with E-state index in [2.05, 4.69) is 11.1 Å². The summed E-state index contributed by atoms with van der Waals surface area (Å²) in [6.45, 7) is 4.08. The van der Waals surface area contributed by atoms with Crippen LogP contribution in [0.1, 0.15) is 11.3 Å². The number of carbonyl (C=O) groups excluding carboxylic acids is 1. The highest BCUT2D eigenvalue weighted by Crippen LogP contribution is 2.29. The molecule has 29 heavy (non-hydrogen) atoms. The van der Waals surface area contributed by atoms with E-state index in [4.69, 9.17) is 13.6 Å². The molecule has 0 aliphatic carbocycles. The first-order valence-corrected chi connectivity index (χ1v) is 9.31. The third-order valence-electron chi connectivity index (χ3n) is 4.72. The number of oxazole rings is 1. The smallest absolute Gasteiger partial charge is 0.266 e. The van der Waals surface area contributed by atoms with Crippen LogP contribution in [0.4, 0.5) is 5.88 Å².